The van der Waals surface area contributed by atoms with Gasteiger partial charge in [0.05, 0.1) is 5.69 Å². The van der Waals surface area contributed by atoms with Crippen molar-refractivity contribution in [3.63, 3.8) is 0 Å². The third-order valence-corrected chi connectivity index (χ3v) is 4.96. The summed E-state index contributed by atoms with van der Waals surface area (Å²) in [4.78, 5) is 15.2. The molecule has 1 aliphatic heterocycles. The SMILES string of the molecule is CN(CCN1CC=C(c2ccc(Cl)cc2)CC1)c1ccccc1OC=O. The number of carbonyl (C=O) groups excluding carboxylic acids is 1. The van der Waals surface area contributed by atoms with E-state index in [2.05, 4.69) is 28.0 Å². The summed E-state index contributed by atoms with van der Waals surface area (Å²) in [5.41, 5.74) is 3.57. The fourth-order valence-electron chi connectivity index (χ4n) is 3.18. The van der Waals surface area contributed by atoms with E-state index in [-0.39, 0.29) is 0 Å². The van der Waals surface area contributed by atoms with Gasteiger partial charge in [-0.2, -0.15) is 0 Å². The van der Waals surface area contributed by atoms with Gasteiger partial charge >= 0.3 is 0 Å². The maximum Gasteiger partial charge on any atom is 0.298 e. The minimum atomic E-state index is 0.473. The Labute approximate surface area is 159 Å². The van der Waals surface area contributed by atoms with Crippen molar-refractivity contribution in [2.75, 3.05) is 38.1 Å². The average Bonchev–Trinajstić information content (AvgIpc) is 2.68. The van der Waals surface area contributed by atoms with Crippen LogP contribution in [-0.2, 0) is 4.79 Å². The topological polar surface area (TPSA) is 32.8 Å². The molecule has 0 radical (unpaired) electrons. The molecule has 3 rings (SSSR count). The van der Waals surface area contributed by atoms with Crippen molar-refractivity contribution < 1.29 is 9.53 Å². The standard InChI is InChI=1S/C21H23ClN2O2/c1-23(20-4-2-3-5-21(20)26-16-25)14-15-24-12-10-18(11-13-24)17-6-8-19(22)9-7-17/h2-10,16H,11-15H2,1H3. The molecule has 0 saturated heterocycles. The molecule has 0 atom stereocenters. The second-order valence-electron chi connectivity index (χ2n) is 6.39. The van der Waals surface area contributed by atoms with Gasteiger partial charge in [-0.3, -0.25) is 9.69 Å². The predicted molar refractivity (Wildman–Crippen MR) is 107 cm³/mol. The number of halogens is 1. The van der Waals surface area contributed by atoms with Gasteiger partial charge in [0.2, 0.25) is 0 Å². The molecule has 0 spiro atoms. The molecule has 0 bridgehead atoms. The maximum absolute atomic E-state index is 10.7. The zero-order valence-corrected chi connectivity index (χ0v) is 15.7. The van der Waals surface area contributed by atoms with E-state index in [1.165, 1.54) is 11.1 Å². The molecule has 0 amide bonds. The lowest BCUT2D eigenvalue weighted by Gasteiger charge is -2.29. The summed E-state index contributed by atoms with van der Waals surface area (Å²) in [7, 11) is 2.02. The van der Waals surface area contributed by atoms with Crippen LogP contribution in [0.4, 0.5) is 5.69 Å². The van der Waals surface area contributed by atoms with Crippen LogP contribution in [0.15, 0.2) is 54.6 Å². The lowest BCUT2D eigenvalue weighted by molar-refractivity contribution is -0.120. The van der Waals surface area contributed by atoms with Crippen molar-refractivity contribution in [2.45, 2.75) is 6.42 Å². The number of ether oxygens (including phenoxy) is 1. The van der Waals surface area contributed by atoms with Crippen LogP contribution in [-0.4, -0.2) is 44.6 Å². The van der Waals surface area contributed by atoms with Crippen molar-refractivity contribution in [3.05, 3.63) is 65.2 Å². The fraction of sp³-hybridized carbons (Fsp3) is 0.286. The first kappa shape index (κ1) is 18.5. The smallest absolute Gasteiger partial charge is 0.298 e. The molecule has 26 heavy (non-hydrogen) atoms. The van der Waals surface area contributed by atoms with E-state index < -0.39 is 0 Å². The molecule has 0 saturated carbocycles. The molecule has 1 heterocycles. The Balaban J connectivity index is 1.55. The highest BCUT2D eigenvalue weighted by molar-refractivity contribution is 6.30. The summed E-state index contributed by atoms with van der Waals surface area (Å²) in [6.07, 6.45) is 3.34. The monoisotopic (exact) mass is 370 g/mol. The minimum absolute atomic E-state index is 0.473. The van der Waals surface area contributed by atoms with Gasteiger partial charge in [0, 0.05) is 38.2 Å². The molecule has 2 aromatic rings. The molecular weight excluding hydrogens is 348 g/mol. The lowest BCUT2D eigenvalue weighted by atomic mass is 9.99. The lowest BCUT2D eigenvalue weighted by Crippen LogP contribution is -2.36. The van der Waals surface area contributed by atoms with Gasteiger partial charge in [0.25, 0.3) is 6.47 Å². The number of hydrogen-bond acceptors (Lipinski definition) is 4. The molecule has 0 aliphatic carbocycles. The molecule has 136 valence electrons. The van der Waals surface area contributed by atoms with Gasteiger partial charge in [-0.25, -0.2) is 0 Å². The van der Waals surface area contributed by atoms with Gasteiger partial charge in [-0.1, -0.05) is 41.9 Å². The average molecular weight is 371 g/mol. The molecule has 1 aliphatic rings. The molecule has 5 heteroatoms. The van der Waals surface area contributed by atoms with E-state index in [0.29, 0.717) is 12.2 Å². The van der Waals surface area contributed by atoms with E-state index in [9.17, 15) is 4.79 Å². The van der Waals surface area contributed by atoms with Crippen LogP contribution in [0.3, 0.4) is 0 Å². The minimum Gasteiger partial charge on any atom is -0.427 e. The summed E-state index contributed by atoms with van der Waals surface area (Å²) < 4.78 is 5.07. The summed E-state index contributed by atoms with van der Waals surface area (Å²) in [6.45, 7) is 4.27. The second kappa shape index (κ2) is 8.88. The molecule has 0 fully saturated rings. The fourth-order valence-corrected chi connectivity index (χ4v) is 3.30. The first-order valence-corrected chi connectivity index (χ1v) is 9.13. The maximum atomic E-state index is 10.7. The van der Waals surface area contributed by atoms with E-state index >= 15 is 0 Å². The third-order valence-electron chi connectivity index (χ3n) is 4.71. The van der Waals surface area contributed by atoms with Crippen molar-refractivity contribution in [2.24, 2.45) is 0 Å². The highest BCUT2D eigenvalue weighted by Crippen LogP contribution is 2.27. The summed E-state index contributed by atoms with van der Waals surface area (Å²) in [5, 5.41) is 0.772. The molecule has 2 aromatic carbocycles. The number of nitrogens with zero attached hydrogens (tertiary/aromatic N) is 2. The summed E-state index contributed by atoms with van der Waals surface area (Å²) in [6, 6.07) is 15.6. The van der Waals surface area contributed by atoms with E-state index in [4.69, 9.17) is 16.3 Å². The van der Waals surface area contributed by atoms with Gasteiger partial charge in [0.1, 0.15) is 0 Å². The molecular formula is C21H23ClN2O2. The number of carbonyl (C=O) groups is 1. The Morgan fingerprint density at radius 1 is 1.19 bits per heavy atom. The van der Waals surface area contributed by atoms with Gasteiger partial charge in [0.15, 0.2) is 5.75 Å². The zero-order valence-electron chi connectivity index (χ0n) is 14.9. The molecule has 0 unspecified atom stereocenters. The molecule has 4 nitrogen and oxygen atoms in total. The van der Waals surface area contributed by atoms with Crippen LogP contribution < -0.4 is 9.64 Å². The Hall–Kier alpha value is -2.30. The Kier molecular flexibility index (Phi) is 6.31. The van der Waals surface area contributed by atoms with Crippen molar-refractivity contribution in [1.82, 2.24) is 4.90 Å². The van der Waals surface area contributed by atoms with E-state index in [1.54, 1.807) is 0 Å². The van der Waals surface area contributed by atoms with E-state index in [0.717, 1.165) is 43.3 Å². The quantitative estimate of drug-likeness (QED) is 0.687. The van der Waals surface area contributed by atoms with Gasteiger partial charge in [-0.05, 0) is 41.8 Å². The Morgan fingerprint density at radius 3 is 2.65 bits per heavy atom. The highest BCUT2D eigenvalue weighted by atomic mass is 35.5. The van der Waals surface area contributed by atoms with Crippen LogP contribution in [0.2, 0.25) is 5.02 Å². The Morgan fingerprint density at radius 2 is 1.96 bits per heavy atom. The third kappa shape index (κ3) is 4.65. The molecule has 0 aromatic heterocycles. The Bertz CT molecular complexity index is 774. The largest absolute Gasteiger partial charge is 0.427 e. The van der Waals surface area contributed by atoms with Crippen LogP contribution in [0.5, 0.6) is 5.75 Å². The van der Waals surface area contributed by atoms with E-state index in [1.807, 2.05) is 43.4 Å². The van der Waals surface area contributed by atoms with Crippen molar-refractivity contribution in [3.8, 4) is 5.75 Å². The molecule has 0 N–H and O–H groups in total. The number of benzene rings is 2. The predicted octanol–water partition coefficient (Wildman–Crippen LogP) is 4.10. The number of para-hydroxylation sites is 2. The highest BCUT2D eigenvalue weighted by Gasteiger charge is 2.14. The van der Waals surface area contributed by atoms with Crippen LogP contribution in [0.1, 0.15) is 12.0 Å². The number of anilines is 1. The van der Waals surface area contributed by atoms with Crippen LogP contribution in [0, 0.1) is 0 Å². The summed E-state index contributed by atoms with van der Waals surface area (Å²) in [5.74, 6) is 0.591. The van der Waals surface area contributed by atoms with Gasteiger partial charge in [-0.15, -0.1) is 0 Å². The second-order valence-corrected chi connectivity index (χ2v) is 6.83. The normalized spacial score (nSPS) is 14.6. The number of likely N-dealkylation sites (N-methyl/N-ethyl adjacent to an activating group) is 1. The first-order chi connectivity index (χ1) is 12.7. The van der Waals surface area contributed by atoms with Gasteiger partial charge < -0.3 is 9.64 Å². The summed E-state index contributed by atoms with van der Waals surface area (Å²) >= 11 is 5.97. The van der Waals surface area contributed by atoms with Crippen LogP contribution in [0.25, 0.3) is 5.57 Å². The first-order valence-electron chi connectivity index (χ1n) is 8.75. The number of hydrogen-bond donors (Lipinski definition) is 0. The zero-order chi connectivity index (χ0) is 18.4. The van der Waals surface area contributed by atoms with Crippen molar-refractivity contribution in [1.29, 1.82) is 0 Å². The van der Waals surface area contributed by atoms with Crippen molar-refractivity contribution >= 4 is 29.3 Å². The van der Waals surface area contributed by atoms with Crippen LogP contribution >= 0.6 is 11.6 Å². The number of rotatable bonds is 7.